The zero-order valence-corrected chi connectivity index (χ0v) is 12.8. The van der Waals surface area contributed by atoms with Gasteiger partial charge in [-0.2, -0.15) is 5.26 Å². The molecule has 0 radical (unpaired) electrons. The molecule has 1 heterocycles. The van der Waals surface area contributed by atoms with Crippen molar-refractivity contribution in [1.82, 2.24) is 4.90 Å². The van der Waals surface area contributed by atoms with Crippen LogP contribution in [0.3, 0.4) is 0 Å². The van der Waals surface area contributed by atoms with Crippen LogP contribution in [-0.2, 0) is 9.53 Å². The van der Waals surface area contributed by atoms with Gasteiger partial charge in [0.1, 0.15) is 4.99 Å². The molecule has 1 amide bonds. The molecule has 7 heteroatoms. The lowest BCUT2D eigenvalue weighted by molar-refractivity contribution is -0.135. The van der Waals surface area contributed by atoms with E-state index < -0.39 is 5.92 Å². The number of ether oxygens (including phenoxy) is 1. The molecule has 21 heavy (non-hydrogen) atoms. The number of amides is 1. The maximum atomic E-state index is 12.3. The summed E-state index contributed by atoms with van der Waals surface area (Å²) in [5, 5.41) is 12.6. The summed E-state index contributed by atoms with van der Waals surface area (Å²) in [4.78, 5) is 14.1. The van der Waals surface area contributed by atoms with E-state index in [4.69, 9.17) is 28.6 Å². The fourth-order valence-corrected chi connectivity index (χ4v) is 2.41. The van der Waals surface area contributed by atoms with Crippen LogP contribution in [0.25, 0.3) is 0 Å². The maximum absolute atomic E-state index is 12.3. The van der Waals surface area contributed by atoms with Gasteiger partial charge < -0.3 is 15.0 Å². The van der Waals surface area contributed by atoms with E-state index in [0.29, 0.717) is 37.0 Å². The Hall–Kier alpha value is -1.68. The summed E-state index contributed by atoms with van der Waals surface area (Å²) in [5.74, 6) is -1.32. The maximum Gasteiger partial charge on any atom is 0.247 e. The Bertz CT molecular complexity index is 582. The monoisotopic (exact) mass is 323 g/mol. The highest BCUT2D eigenvalue weighted by molar-refractivity contribution is 7.80. The second-order valence-electron chi connectivity index (χ2n) is 4.47. The fraction of sp³-hybridized carbons (Fsp3) is 0.357. The molecule has 1 aromatic carbocycles. The van der Waals surface area contributed by atoms with Crippen molar-refractivity contribution in [2.75, 3.05) is 31.6 Å². The normalized spacial score (nSPS) is 15.9. The SMILES string of the molecule is N#CC(C(=O)N1CCOCC1)C(=S)Nc1ccccc1Cl. The van der Waals surface area contributed by atoms with Crippen molar-refractivity contribution in [2.45, 2.75) is 0 Å². The number of rotatable bonds is 3. The van der Waals surface area contributed by atoms with E-state index in [2.05, 4.69) is 5.32 Å². The average molecular weight is 324 g/mol. The van der Waals surface area contributed by atoms with Crippen LogP contribution < -0.4 is 5.32 Å². The van der Waals surface area contributed by atoms with E-state index in [1.54, 1.807) is 29.2 Å². The predicted molar refractivity (Wildman–Crippen MR) is 84.2 cm³/mol. The van der Waals surface area contributed by atoms with E-state index in [-0.39, 0.29) is 10.9 Å². The number of hydrogen-bond acceptors (Lipinski definition) is 4. The molecular formula is C14H14ClN3O2S. The number of nitriles is 1. The van der Waals surface area contributed by atoms with Gasteiger partial charge in [0.2, 0.25) is 5.91 Å². The van der Waals surface area contributed by atoms with Crippen LogP contribution in [0.1, 0.15) is 0 Å². The molecule has 0 saturated carbocycles. The highest BCUT2D eigenvalue weighted by Crippen LogP contribution is 2.22. The summed E-state index contributed by atoms with van der Waals surface area (Å²) in [6.45, 7) is 1.92. The van der Waals surface area contributed by atoms with E-state index >= 15 is 0 Å². The van der Waals surface area contributed by atoms with E-state index in [1.165, 1.54) is 0 Å². The molecule has 1 N–H and O–H groups in total. The number of morpholine rings is 1. The lowest BCUT2D eigenvalue weighted by Crippen LogP contribution is -2.46. The van der Waals surface area contributed by atoms with Crippen molar-refractivity contribution >= 4 is 40.4 Å². The molecule has 0 aromatic heterocycles. The second-order valence-corrected chi connectivity index (χ2v) is 5.32. The number of halogens is 1. The van der Waals surface area contributed by atoms with Crippen molar-refractivity contribution in [3.05, 3.63) is 29.3 Å². The number of anilines is 1. The first-order valence-corrected chi connectivity index (χ1v) is 7.23. The highest BCUT2D eigenvalue weighted by Gasteiger charge is 2.29. The summed E-state index contributed by atoms with van der Waals surface area (Å²) < 4.78 is 5.19. The van der Waals surface area contributed by atoms with Gasteiger partial charge in [-0.15, -0.1) is 0 Å². The molecule has 1 aromatic rings. The molecule has 0 bridgehead atoms. The molecule has 0 aliphatic carbocycles. The number of carbonyl (C=O) groups is 1. The minimum atomic E-state index is -1.02. The van der Waals surface area contributed by atoms with Gasteiger partial charge in [0.05, 0.1) is 30.0 Å². The highest BCUT2D eigenvalue weighted by atomic mass is 35.5. The number of nitrogens with zero attached hydrogens (tertiary/aromatic N) is 2. The number of hydrogen-bond donors (Lipinski definition) is 1. The van der Waals surface area contributed by atoms with Gasteiger partial charge in [0.25, 0.3) is 0 Å². The second kappa shape index (κ2) is 7.36. The third kappa shape index (κ3) is 3.91. The van der Waals surface area contributed by atoms with Gasteiger partial charge in [0, 0.05) is 13.1 Å². The molecule has 110 valence electrons. The summed E-state index contributed by atoms with van der Waals surface area (Å²) in [6, 6.07) is 8.99. The molecular weight excluding hydrogens is 310 g/mol. The summed E-state index contributed by atoms with van der Waals surface area (Å²) >= 11 is 11.2. The predicted octanol–water partition coefficient (Wildman–Crippen LogP) is 2.08. The Labute approximate surface area is 133 Å². The van der Waals surface area contributed by atoms with Crippen molar-refractivity contribution < 1.29 is 9.53 Å². The molecule has 0 spiro atoms. The van der Waals surface area contributed by atoms with Gasteiger partial charge in [0.15, 0.2) is 5.92 Å². The largest absolute Gasteiger partial charge is 0.378 e. The van der Waals surface area contributed by atoms with Gasteiger partial charge in [-0.05, 0) is 12.1 Å². The van der Waals surface area contributed by atoms with Crippen molar-refractivity contribution in [3.8, 4) is 6.07 Å². The summed E-state index contributed by atoms with van der Waals surface area (Å²) in [6.07, 6.45) is 0. The Balaban J connectivity index is 2.06. The van der Waals surface area contributed by atoms with Crippen LogP contribution >= 0.6 is 23.8 Å². The van der Waals surface area contributed by atoms with Gasteiger partial charge in [-0.3, -0.25) is 4.79 Å². The Morgan fingerprint density at radius 2 is 2.10 bits per heavy atom. The first kappa shape index (κ1) is 15.7. The molecule has 1 atom stereocenters. The first-order chi connectivity index (χ1) is 10.1. The molecule has 1 fully saturated rings. The van der Waals surface area contributed by atoms with Crippen molar-refractivity contribution in [2.24, 2.45) is 5.92 Å². The Morgan fingerprint density at radius 3 is 2.71 bits per heavy atom. The molecule has 1 unspecified atom stereocenters. The van der Waals surface area contributed by atoms with Crippen LogP contribution in [0.5, 0.6) is 0 Å². The zero-order chi connectivity index (χ0) is 15.2. The van der Waals surface area contributed by atoms with Crippen LogP contribution in [0.15, 0.2) is 24.3 Å². The molecule has 1 aliphatic rings. The standard InChI is InChI=1S/C14H14ClN3O2S/c15-11-3-1-2-4-12(11)17-13(21)10(9-16)14(19)18-5-7-20-8-6-18/h1-4,10H,5-8H2,(H,17,21). The number of nitrogens with one attached hydrogen (secondary N) is 1. The van der Waals surface area contributed by atoms with E-state index in [1.807, 2.05) is 6.07 Å². The quantitative estimate of drug-likeness (QED) is 0.863. The Kier molecular flexibility index (Phi) is 5.51. The molecule has 2 rings (SSSR count). The van der Waals surface area contributed by atoms with Crippen molar-refractivity contribution in [1.29, 1.82) is 5.26 Å². The van der Waals surface area contributed by atoms with E-state index in [0.717, 1.165) is 0 Å². The number of carbonyl (C=O) groups excluding carboxylic acids is 1. The number of thiocarbonyl (C=S) groups is 1. The van der Waals surface area contributed by atoms with Crippen LogP contribution in [0.2, 0.25) is 5.02 Å². The minimum absolute atomic E-state index is 0.155. The number of para-hydroxylation sites is 1. The topological polar surface area (TPSA) is 65.4 Å². The van der Waals surface area contributed by atoms with Crippen LogP contribution in [0.4, 0.5) is 5.69 Å². The van der Waals surface area contributed by atoms with Crippen LogP contribution in [-0.4, -0.2) is 42.1 Å². The smallest absolute Gasteiger partial charge is 0.247 e. The molecule has 1 aliphatic heterocycles. The van der Waals surface area contributed by atoms with Gasteiger partial charge in [-0.1, -0.05) is 36.0 Å². The number of benzene rings is 1. The lowest BCUT2D eigenvalue weighted by Gasteiger charge is -2.28. The van der Waals surface area contributed by atoms with Gasteiger partial charge >= 0.3 is 0 Å². The zero-order valence-electron chi connectivity index (χ0n) is 11.2. The fourth-order valence-electron chi connectivity index (χ4n) is 1.96. The lowest BCUT2D eigenvalue weighted by atomic mass is 10.1. The summed E-state index contributed by atoms with van der Waals surface area (Å²) in [5.41, 5.74) is 0.583. The minimum Gasteiger partial charge on any atom is -0.378 e. The average Bonchev–Trinajstić information content (AvgIpc) is 2.51. The summed E-state index contributed by atoms with van der Waals surface area (Å²) in [7, 11) is 0. The molecule has 5 nitrogen and oxygen atoms in total. The van der Waals surface area contributed by atoms with Crippen LogP contribution in [0, 0.1) is 17.2 Å². The van der Waals surface area contributed by atoms with Gasteiger partial charge in [-0.25, -0.2) is 0 Å². The third-order valence-electron chi connectivity index (χ3n) is 3.09. The van der Waals surface area contributed by atoms with E-state index in [9.17, 15) is 10.1 Å². The first-order valence-electron chi connectivity index (χ1n) is 6.45. The Morgan fingerprint density at radius 1 is 1.43 bits per heavy atom. The third-order valence-corrected chi connectivity index (χ3v) is 3.76. The van der Waals surface area contributed by atoms with Crippen molar-refractivity contribution in [3.63, 3.8) is 0 Å². The molecule has 1 saturated heterocycles.